The molecule has 0 saturated heterocycles. The molecule has 0 unspecified atom stereocenters. The molecule has 1 aliphatic carbocycles. The van der Waals surface area contributed by atoms with Crippen LogP contribution in [0, 0.1) is 0 Å². The van der Waals surface area contributed by atoms with Gasteiger partial charge in [0.15, 0.2) is 0 Å². The second-order valence-corrected chi connectivity index (χ2v) is 3.64. The Kier molecular flexibility index (Phi) is 1.48. The molecule has 0 atom stereocenters. The van der Waals surface area contributed by atoms with E-state index in [0.29, 0.717) is 5.69 Å². The van der Waals surface area contributed by atoms with E-state index in [0.717, 1.165) is 0 Å². The Hall–Kier alpha value is -1.04. The van der Waals surface area contributed by atoms with E-state index >= 15 is 0 Å². The van der Waals surface area contributed by atoms with Crippen molar-refractivity contribution < 1.29 is 8.78 Å². The molecule has 0 amide bonds. The number of nitrogens with two attached hydrogens (primary N) is 1. The number of aromatic nitrogens is 3. The molecule has 0 aromatic carbocycles. The number of nitrogens with zero attached hydrogens (tertiary/aromatic N) is 3. The lowest BCUT2D eigenvalue weighted by Gasteiger charge is -2.42. The van der Waals surface area contributed by atoms with Gasteiger partial charge in [0.05, 0.1) is 5.54 Å². The zero-order valence-electron chi connectivity index (χ0n) is 7.17. The lowest BCUT2D eigenvalue weighted by Crippen LogP contribution is -2.55. The van der Waals surface area contributed by atoms with Crippen LogP contribution in [0.5, 0.6) is 0 Å². The molecule has 1 aromatic rings. The molecule has 1 fully saturated rings. The zero-order chi connectivity index (χ0) is 9.69. The average molecular weight is 188 g/mol. The average Bonchev–Trinajstić information content (AvgIpc) is 2.31. The topological polar surface area (TPSA) is 56.7 Å². The van der Waals surface area contributed by atoms with E-state index in [4.69, 9.17) is 5.73 Å². The summed E-state index contributed by atoms with van der Waals surface area (Å²) in [4.78, 5) is 0. The van der Waals surface area contributed by atoms with Crippen LogP contribution in [0.25, 0.3) is 0 Å². The van der Waals surface area contributed by atoms with Crippen molar-refractivity contribution in [3.8, 4) is 0 Å². The fourth-order valence-electron chi connectivity index (χ4n) is 1.63. The number of aryl methyl sites for hydroxylation is 1. The minimum absolute atomic E-state index is 0.335. The smallest absolute Gasteiger partial charge is 0.252 e. The Labute approximate surface area is 73.7 Å². The van der Waals surface area contributed by atoms with Gasteiger partial charge in [0.1, 0.15) is 5.69 Å². The molecular formula is C7H10F2N4. The summed E-state index contributed by atoms with van der Waals surface area (Å²) in [5.74, 6) is -2.63. The summed E-state index contributed by atoms with van der Waals surface area (Å²) in [6.45, 7) is 0. The van der Waals surface area contributed by atoms with Crippen molar-refractivity contribution >= 4 is 0 Å². The number of hydrogen-bond donors (Lipinski definition) is 1. The Bertz CT molecular complexity index is 325. The minimum atomic E-state index is -2.63. The molecule has 0 bridgehead atoms. The maximum Gasteiger partial charge on any atom is 0.252 e. The number of halogens is 2. The zero-order valence-corrected chi connectivity index (χ0v) is 7.17. The maximum absolute atomic E-state index is 12.6. The summed E-state index contributed by atoms with van der Waals surface area (Å²) in [7, 11) is 1.68. The molecule has 1 aliphatic rings. The van der Waals surface area contributed by atoms with Crippen molar-refractivity contribution in [1.29, 1.82) is 0 Å². The first-order valence-corrected chi connectivity index (χ1v) is 3.95. The standard InChI is InChI=1S/C7H10F2N4/c1-13-2-5(11-12-13)6(10)3-7(8,9)4-6/h2H,3-4,10H2,1H3. The number of alkyl halides is 2. The van der Waals surface area contributed by atoms with Crippen LogP contribution in [0.4, 0.5) is 8.78 Å². The summed E-state index contributed by atoms with van der Waals surface area (Å²) >= 11 is 0. The van der Waals surface area contributed by atoms with E-state index in [-0.39, 0.29) is 12.8 Å². The fraction of sp³-hybridized carbons (Fsp3) is 0.714. The highest BCUT2D eigenvalue weighted by molar-refractivity contribution is 5.18. The molecule has 1 aromatic heterocycles. The largest absolute Gasteiger partial charge is 0.320 e. The molecule has 4 nitrogen and oxygen atoms in total. The van der Waals surface area contributed by atoms with Crippen molar-refractivity contribution in [2.45, 2.75) is 24.3 Å². The lowest BCUT2D eigenvalue weighted by molar-refractivity contribution is -0.126. The van der Waals surface area contributed by atoms with E-state index in [2.05, 4.69) is 10.3 Å². The van der Waals surface area contributed by atoms with Gasteiger partial charge in [0.25, 0.3) is 5.92 Å². The van der Waals surface area contributed by atoms with Gasteiger partial charge in [-0.05, 0) is 0 Å². The molecular weight excluding hydrogens is 178 g/mol. The van der Waals surface area contributed by atoms with Gasteiger partial charge in [-0.3, -0.25) is 4.68 Å². The molecule has 2 N–H and O–H groups in total. The Morgan fingerprint density at radius 2 is 2.15 bits per heavy atom. The van der Waals surface area contributed by atoms with Gasteiger partial charge in [-0.2, -0.15) is 0 Å². The third-order valence-electron chi connectivity index (χ3n) is 2.26. The van der Waals surface area contributed by atoms with Crippen LogP contribution in [0.15, 0.2) is 6.20 Å². The van der Waals surface area contributed by atoms with Crippen LogP contribution in [0.3, 0.4) is 0 Å². The van der Waals surface area contributed by atoms with E-state index in [1.807, 2.05) is 0 Å². The second-order valence-electron chi connectivity index (χ2n) is 3.64. The van der Waals surface area contributed by atoms with Gasteiger partial charge in [-0.15, -0.1) is 5.10 Å². The van der Waals surface area contributed by atoms with Crippen LogP contribution in [0.1, 0.15) is 18.5 Å². The lowest BCUT2D eigenvalue weighted by atomic mass is 9.72. The Balaban J connectivity index is 2.20. The van der Waals surface area contributed by atoms with E-state index < -0.39 is 11.5 Å². The van der Waals surface area contributed by atoms with E-state index in [1.165, 1.54) is 4.68 Å². The minimum Gasteiger partial charge on any atom is -0.320 e. The quantitative estimate of drug-likeness (QED) is 0.694. The predicted octanol–water partition coefficient (Wildman–Crippen LogP) is 0.398. The van der Waals surface area contributed by atoms with Gasteiger partial charge < -0.3 is 5.73 Å². The molecule has 0 radical (unpaired) electrons. The Morgan fingerprint density at radius 3 is 2.54 bits per heavy atom. The van der Waals surface area contributed by atoms with Gasteiger partial charge >= 0.3 is 0 Å². The normalized spacial score (nSPS) is 24.0. The molecule has 2 rings (SSSR count). The van der Waals surface area contributed by atoms with E-state index in [1.54, 1.807) is 13.2 Å². The van der Waals surface area contributed by atoms with Gasteiger partial charge in [-0.25, -0.2) is 8.78 Å². The van der Waals surface area contributed by atoms with Crippen LogP contribution >= 0.6 is 0 Å². The van der Waals surface area contributed by atoms with Crippen molar-refractivity contribution in [2.75, 3.05) is 0 Å². The maximum atomic E-state index is 12.6. The van der Waals surface area contributed by atoms with Crippen molar-refractivity contribution in [3.05, 3.63) is 11.9 Å². The van der Waals surface area contributed by atoms with Crippen LogP contribution in [0.2, 0.25) is 0 Å². The first kappa shape index (κ1) is 8.55. The highest BCUT2D eigenvalue weighted by Gasteiger charge is 2.56. The summed E-state index contributed by atoms with van der Waals surface area (Å²) in [5, 5.41) is 7.38. The fourth-order valence-corrected chi connectivity index (χ4v) is 1.63. The van der Waals surface area contributed by atoms with Crippen molar-refractivity contribution in [1.82, 2.24) is 15.0 Å². The van der Waals surface area contributed by atoms with Crippen molar-refractivity contribution in [3.63, 3.8) is 0 Å². The number of rotatable bonds is 1. The van der Waals surface area contributed by atoms with Gasteiger partial charge in [0.2, 0.25) is 0 Å². The van der Waals surface area contributed by atoms with Crippen molar-refractivity contribution in [2.24, 2.45) is 12.8 Å². The first-order valence-electron chi connectivity index (χ1n) is 3.95. The summed E-state index contributed by atoms with van der Waals surface area (Å²) in [5.41, 5.74) is 5.19. The number of hydrogen-bond acceptors (Lipinski definition) is 3. The summed E-state index contributed by atoms with van der Waals surface area (Å²) in [6.07, 6.45) is 0.909. The molecule has 6 heteroatoms. The Morgan fingerprint density at radius 1 is 1.54 bits per heavy atom. The van der Waals surface area contributed by atoms with Crippen LogP contribution in [-0.2, 0) is 12.6 Å². The molecule has 0 aliphatic heterocycles. The molecule has 1 heterocycles. The molecule has 13 heavy (non-hydrogen) atoms. The van der Waals surface area contributed by atoms with Crippen LogP contribution < -0.4 is 5.73 Å². The summed E-state index contributed by atoms with van der Waals surface area (Å²) in [6, 6.07) is 0. The monoisotopic (exact) mass is 188 g/mol. The second kappa shape index (κ2) is 2.25. The predicted molar refractivity (Wildman–Crippen MR) is 41.0 cm³/mol. The third-order valence-corrected chi connectivity index (χ3v) is 2.26. The first-order chi connectivity index (χ1) is 5.91. The van der Waals surface area contributed by atoms with Gasteiger partial charge in [0, 0.05) is 26.1 Å². The SMILES string of the molecule is Cn1cc(C2(N)CC(F)(F)C2)nn1. The third kappa shape index (κ3) is 1.31. The highest BCUT2D eigenvalue weighted by Crippen LogP contribution is 2.48. The molecule has 0 spiro atoms. The highest BCUT2D eigenvalue weighted by atomic mass is 19.3. The summed E-state index contributed by atoms with van der Waals surface area (Å²) < 4.78 is 26.6. The van der Waals surface area contributed by atoms with E-state index in [9.17, 15) is 8.78 Å². The van der Waals surface area contributed by atoms with Crippen LogP contribution in [-0.4, -0.2) is 20.9 Å². The molecule has 1 saturated carbocycles. The molecule has 72 valence electrons. The van der Waals surface area contributed by atoms with Gasteiger partial charge in [-0.1, -0.05) is 5.21 Å².